The van der Waals surface area contributed by atoms with Crippen molar-refractivity contribution in [3.63, 3.8) is 0 Å². The zero-order valence-electron chi connectivity index (χ0n) is 10.2. The van der Waals surface area contributed by atoms with Crippen molar-refractivity contribution in [3.8, 4) is 0 Å². The molecule has 1 saturated carbocycles. The van der Waals surface area contributed by atoms with Crippen LogP contribution in [0.4, 0.5) is 0 Å². The number of nitrogens with zero attached hydrogens (tertiary/aromatic N) is 1. The lowest BCUT2D eigenvalue weighted by atomic mass is 9.83. The highest BCUT2D eigenvalue weighted by molar-refractivity contribution is 5.09. The van der Waals surface area contributed by atoms with Crippen LogP contribution in [0.5, 0.6) is 0 Å². The first kappa shape index (κ1) is 11.1. The van der Waals surface area contributed by atoms with Crippen LogP contribution in [0.25, 0.3) is 0 Å². The van der Waals surface area contributed by atoms with Gasteiger partial charge in [0.1, 0.15) is 0 Å². The molecule has 4 heteroatoms. The Balaban J connectivity index is 1.69. The third kappa shape index (κ3) is 2.32. The molecule has 1 aromatic rings. The maximum Gasteiger partial charge on any atom is 0.266 e. The van der Waals surface area contributed by atoms with Crippen LogP contribution in [0, 0.1) is 0 Å². The third-order valence-electron chi connectivity index (χ3n) is 4.17. The van der Waals surface area contributed by atoms with Crippen molar-refractivity contribution in [3.05, 3.63) is 22.1 Å². The zero-order chi connectivity index (χ0) is 11.7. The van der Waals surface area contributed by atoms with Gasteiger partial charge in [0.2, 0.25) is 0 Å². The summed E-state index contributed by atoms with van der Waals surface area (Å²) in [6.07, 6.45) is 7.52. The van der Waals surface area contributed by atoms with Gasteiger partial charge in [0.05, 0.1) is 6.54 Å². The summed E-state index contributed by atoms with van der Waals surface area (Å²) in [7, 11) is 0. The normalized spacial score (nSPS) is 25.8. The monoisotopic (exact) mass is 235 g/mol. The summed E-state index contributed by atoms with van der Waals surface area (Å²) in [5, 5.41) is 6.78. The van der Waals surface area contributed by atoms with Crippen molar-refractivity contribution in [2.75, 3.05) is 6.54 Å². The first-order valence-corrected chi connectivity index (χ1v) is 6.86. The van der Waals surface area contributed by atoms with E-state index in [1.165, 1.54) is 38.5 Å². The van der Waals surface area contributed by atoms with Gasteiger partial charge < -0.3 is 5.32 Å². The van der Waals surface area contributed by atoms with Crippen LogP contribution in [0.3, 0.4) is 0 Å². The molecule has 0 spiro atoms. The minimum absolute atomic E-state index is 0.138. The van der Waals surface area contributed by atoms with E-state index in [1.807, 2.05) is 0 Å². The second-order valence-electron chi connectivity index (χ2n) is 5.43. The van der Waals surface area contributed by atoms with Crippen LogP contribution < -0.4 is 10.9 Å². The second-order valence-corrected chi connectivity index (χ2v) is 5.43. The van der Waals surface area contributed by atoms with Crippen molar-refractivity contribution in [2.24, 2.45) is 0 Å². The second kappa shape index (κ2) is 4.69. The first-order valence-electron chi connectivity index (χ1n) is 6.86. The topological polar surface area (TPSA) is 49.8 Å². The summed E-state index contributed by atoms with van der Waals surface area (Å²) < 4.78 is 1.79. The minimum Gasteiger partial charge on any atom is -0.312 e. The molecule has 0 unspecified atom stereocenters. The van der Waals surface area contributed by atoms with Crippen molar-refractivity contribution < 1.29 is 0 Å². The van der Waals surface area contributed by atoms with E-state index in [4.69, 9.17) is 0 Å². The number of nitrogens with one attached hydrogen (secondary N) is 2. The number of piperidine rings is 1. The van der Waals surface area contributed by atoms with E-state index in [9.17, 15) is 4.79 Å². The van der Waals surface area contributed by atoms with E-state index in [-0.39, 0.29) is 5.56 Å². The summed E-state index contributed by atoms with van der Waals surface area (Å²) in [6.45, 7) is 1.89. The van der Waals surface area contributed by atoms with E-state index >= 15 is 0 Å². The maximum absolute atomic E-state index is 11.9. The molecule has 3 rings (SSSR count). The Kier molecular flexibility index (Phi) is 3.05. The molecule has 4 nitrogen and oxygen atoms in total. The van der Waals surface area contributed by atoms with Gasteiger partial charge in [-0.15, -0.1) is 0 Å². The van der Waals surface area contributed by atoms with Crippen molar-refractivity contribution >= 4 is 0 Å². The molecule has 2 fully saturated rings. The lowest BCUT2D eigenvalue weighted by molar-refractivity contribution is 0.343. The predicted molar refractivity (Wildman–Crippen MR) is 67.3 cm³/mol. The van der Waals surface area contributed by atoms with Gasteiger partial charge in [-0.3, -0.25) is 14.6 Å². The molecule has 2 N–H and O–H groups in total. The molecule has 0 amide bonds. The van der Waals surface area contributed by atoms with E-state index < -0.39 is 0 Å². The Morgan fingerprint density at radius 2 is 2.12 bits per heavy atom. The van der Waals surface area contributed by atoms with Crippen LogP contribution in [-0.4, -0.2) is 22.4 Å². The molecule has 1 atom stereocenters. The van der Waals surface area contributed by atoms with Crippen LogP contribution in [0.15, 0.2) is 10.9 Å². The summed E-state index contributed by atoms with van der Waals surface area (Å²) in [5.74, 6) is 0.614. The third-order valence-corrected chi connectivity index (χ3v) is 4.17. The number of rotatable bonds is 3. The average Bonchev–Trinajstić information content (AvgIpc) is 2.59. The quantitative estimate of drug-likeness (QED) is 0.836. The molecule has 0 radical (unpaired) electrons. The standard InChI is InChI=1S/C13H21N3O/c17-13-8-12(10-4-3-5-10)15-16(13)9-11-6-1-2-7-14-11/h8,10-11,14-15H,1-7,9H2/t11-/m0/s1. The van der Waals surface area contributed by atoms with Gasteiger partial charge in [0, 0.05) is 23.7 Å². The number of H-pyrrole nitrogens is 1. The van der Waals surface area contributed by atoms with Gasteiger partial charge in [0.25, 0.3) is 5.56 Å². The number of hydrogen-bond donors (Lipinski definition) is 2. The van der Waals surface area contributed by atoms with Crippen molar-refractivity contribution in [1.82, 2.24) is 15.1 Å². The molecule has 2 heterocycles. The average molecular weight is 235 g/mol. The van der Waals surface area contributed by atoms with Gasteiger partial charge in [0.15, 0.2) is 0 Å². The molecule has 1 aliphatic heterocycles. The summed E-state index contributed by atoms with van der Waals surface area (Å²) in [5.41, 5.74) is 1.29. The summed E-state index contributed by atoms with van der Waals surface area (Å²) in [6, 6.07) is 2.27. The first-order chi connectivity index (χ1) is 8.33. The highest BCUT2D eigenvalue weighted by Gasteiger charge is 2.22. The van der Waals surface area contributed by atoms with Crippen LogP contribution >= 0.6 is 0 Å². The summed E-state index contributed by atoms with van der Waals surface area (Å²) in [4.78, 5) is 11.9. The van der Waals surface area contributed by atoms with Gasteiger partial charge in [-0.25, -0.2) is 0 Å². The highest BCUT2D eigenvalue weighted by Crippen LogP contribution is 2.34. The van der Waals surface area contributed by atoms with E-state index in [0.717, 1.165) is 18.8 Å². The smallest absolute Gasteiger partial charge is 0.266 e. The predicted octanol–water partition coefficient (Wildman–Crippen LogP) is 1.59. The van der Waals surface area contributed by atoms with Crippen LogP contribution in [0.1, 0.15) is 50.1 Å². The Morgan fingerprint density at radius 1 is 1.24 bits per heavy atom. The lowest BCUT2D eigenvalue weighted by Crippen LogP contribution is -2.39. The van der Waals surface area contributed by atoms with E-state index in [1.54, 1.807) is 10.7 Å². The van der Waals surface area contributed by atoms with Gasteiger partial charge in [-0.05, 0) is 32.2 Å². The fourth-order valence-corrected chi connectivity index (χ4v) is 2.82. The molecule has 1 saturated heterocycles. The molecule has 1 aromatic heterocycles. The molecular formula is C13H21N3O. The Morgan fingerprint density at radius 3 is 2.76 bits per heavy atom. The van der Waals surface area contributed by atoms with Crippen LogP contribution in [0.2, 0.25) is 0 Å². The number of hydrogen-bond acceptors (Lipinski definition) is 2. The molecule has 0 bridgehead atoms. The zero-order valence-corrected chi connectivity index (χ0v) is 10.2. The van der Waals surface area contributed by atoms with Gasteiger partial charge in [-0.2, -0.15) is 0 Å². The molecule has 17 heavy (non-hydrogen) atoms. The van der Waals surface area contributed by atoms with Gasteiger partial charge >= 0.3 is 0 Å². The summed E-state index contributed by atoms with van der Waals surface area (Å²) >= 11 is 0. The van der Waals surface area contributed by atoms with Crippen LogP contribution in [-0.2, 0) is 6.54 Å². The van der Waals surface area contributed by atoms with Crippen molar-refractivity contribution in [1.29, 1.82) is 0 Å². The van der Waals surface area contributed by atoms with Gasteiger partial charge in [-0.1, -0.05) is 12.8 Å². The molecule has 2 aliphatic rings. The minimum atomic E-state index is 0.138. The molecule has 1 aliphatic carbocycles. The SMILES string of the molecule is O=c1cc(C2CCC2)[nH]n1C[C@@H]1CCCCN1. The van der Waals surface area contributed by atoms with E-state index in [2.05, 4.69) is 10.4 Å². The fourth-order valence-electron chi connectivity index (χ4n) is 2.82. The maximum atomic E-state index is 11.9. The van der Waals surface area contributed by atoms with Crippen molar-refractivity contribution in [2.45, 2.75) is 57.0 Å². The number of aromatic amines is 1. The molecule has 94 valence electrons. The lowest BCUT2D eigenvalue weighted by Gasteiger charge is -2.25. The largest absolute Gasteiger partial charge is 0.312 e. The molecular weight excluding hydrogens is 214 g/mol. The number of aromatic nitrogens is 2. The Labute approximate surface area is 101 Å². The molecule has 0 aromatic carbocycles. The highest BCUT2D eigenvalue weighted by atomic mass is 16.1. The Bertz CT molecular complexity index is 424. The Hall–Kier alpha value is -1.03. The van der Waals surface area contributed by atoms with E-state index in [0.29, 0.717) is 12.0 Å². The fraction of sp³-hybridized carbons (Fsp3) is 0.769.